The van der Waals surface area contributed by atoms with E-state index in [4.69, 9.17) is 9.84 Å². The summed E-state index contributed by atoms with van der Waals surface area (Å²) in [5.41, 5.74) is 1.41. The summed E-state index contributed by atoms with van der Waals surface area (Å²) < 4.78 is 5.25. The number of nitrogens with one attached hydrogen (secondary N) is 1. The number of non-ortho nitro benzene ring substituents is 1. The molecule has 2 rings (SSSR count). The van der Waals surface area contributed by atoms with Crippen LogP contribution in [0.4, 0.5) is 11.4 Å². The van der Waals surface area contributed by atoms with Gasteiger partial charge in [-0.25, -0.2) is 4.79 Å². The summed E-state index contributed by atoms with van der Waals surface area (Å²) in [6.07, 6.45) is -0.222. The predicted molar refractivity (Wildman–Crippen MR) is 104 cm³/mol. The van der Waals surface area contributed by atoms with Crippen LogP contribution in [0, 0.1) is 10.1 Å². The molecule has 2 N–H and O–H groups in total. The van der Waals surface area contributed by atoms with E-state index in [-0.39, 0.29) is 35.9 Å². The van der Waals surface area contributed by atoms with E-state index < -0.39 is 17.0 Å². The van der Waals surface area contributed by atoms with E-state index in [0.29, 0.717) is 5.56 Å². The van der Waals surface area contributed by atoms with Crippen LogP contribution in [-0.4, -0.2) is 41.0 Å². The Balaban J connectivity index is 2.20. The minimum atomic E-state index is -1.06. The first-order valence-electron chi connectivity index (χ1n) is 8.84. The molecular weight excluding hydrogens is 364 g/mol. The van der Waals surface area contributed by atoms with Crippen molar-refractivity contribution in [3.63, 3.8) is 0 Å². The van der Waals surface area contributed by atoms with Crippen molar-refractivity contribution in [3.8, 4) is 0 Å². The Morgan fingerprint density at radius 2 is 1.89 bits per heavy atom. The first-order valence-corrected chi connectivity index (χ1v) is 8.84. The zero-order valence-corrected chi connectivity index (χ0v) is 15.7. The third-order valence-corrected chi connectivity index (χ3v) is 4.16. The molecule has 0 saturated carbocycles. The lowest BCUT2D eigenvalue weighted by atomic mass is 10.0. The van der Waals surface area contributed by atoms with E-state index in [1.165, 1.54) is 19.1 Å². The number of nitro benzene ring substituents is 1. The summed E-state index contributed by atoms with van der Waals surface area (Å²) in [6.45, 7) is 3.42. The van der Waals surface area contributed by atoms with Crippen LogP contribution < -0.4 is 5.32 Å². The Morgan fingerprint density at radius 1 is 1.21 bits per heavy atom. The number of ether oxygens (including phenoxy) is 1. The van der Waals surface area contributed by atoms with Gasteiger partial charge < -0.3 is 15.2 Å². The number of hydrogen-bond donors (Lipinski definition) is 2. The van der Waals surface area contributed by atoms with Gasteiger partial charge in [0.15, 0.2) is 6.10 Å². The van der Waals surface area contributed by atoms with Crippen LogP contribution in [-0.2, 0) is 11.2 Å². The molecule has 0 aliphatic carbocycles. The minimum Gasteiger partial charge on any atom is -0.451 e. The van der Waals surface area contributed by atoms with Gasteiger partial charge in [-0.15, -0.1) is 0 Å². The molecule has 0 amide bonds. The molecule has 0 heterocycles. The third-order valence-electron chi connectivity index (χ3n) is 4.16. The van der Waals surface area contributed by atoms with Gasteiger partial charge in [0.25, 0.3) is 5.69 Å². The third kappa shape index (κ3) is 5.14. The van der Waals surface area contributed by atoms with Crippen molar-refractivity contribution < 1.29 is 24.4 Å². The molecule has 0 saturated heterocycles. The first-order chi connectivity index (χ1) is 13.4. The standard InChI is InChI=1S/C20H22N2O6/c1-3-14-4-6-15(7-5-14)19(24)13(2)28-20(25)17-12-16(22(26)27)8-9-18(17)21-10-11-23/h4-9,12-13,21,23H,3,10-11H2,1-2H3. The number of carbonyl (C=O) groups excluding carboxylic acids is 2. The van der Waals surface area contributed by atoms with Crippen LogP contribution in [0.5, 0.6) is 0 Å². The van der Waals surface area contributed by atoms with E-state index in [9.17, 15) is 19.7 Å². The van der Waals surface area contributed by atoms with Crippen molar-refractivity contribution in [2.45, 2.75) is 26.4 Å². The van der Waals surface area contributed by atoms with Crippen LogP contribution in [0.1, 0.15) is 40.1 Å². The van der Waals surface area contributed by atoms with Crippen molar-refractivity contribution in [1.82, 2.24) is 0 Å². The molecule has 0 aliphatic heterocycles. The Hall–Kier alpha value is -3.26. The van der Waals surface area contributed by atoms with E-state index in [1.807, 2.05) is 19.1 Å². The maximum atomic E-state index is 12.6. The van der Waals surface area contributed by atoms with Crippen molar-refractivity contribution in [3.05, 3.63) is 69.3 Å². The minimum absolute atomic E-state index is 0.0800. The number of aliphatic hydroxyl groups excluding tert-OH is 1. The van der Waals surface area contributed by atoms with E-state index in [0.717, 1.165) is 18.1 Å². The number of ketones is 1. The van der Waals surface area contributed by atoms with Gasteiger partial charge >= 0.3 is 5.97 Å². The molecule has 1 unspecified atom stereocenters. The number of esters is 1. The number of nitro groups is 1. The number of rotatable bonds is 9. The average molecular weight is 386 g/mol. The van der Waals surface area contributed by atoms with E-state index in [2.05, 4.69) is 5.32 Å². The molecule has 0 radical (unpaired) electrons. The number of aliphatic hydroxyl groups is 1. The van der Waals surface area contributed by atoms with Crippen LogP contribution in [0.15, 0.2) is 42.5 Å². The van der Waals surface area contributed by atoms with Crippen molar-refractivity contribution >= 4 is 23.1 Å². The second-order valence-corrected chi connectivity index (χ2v) is 6.10. The number of aryl methyl sites for hydroxylation is 1. The van der Waals surface area contributed by atoms with Crippen molar-refractivity contribution in [1.29, 1.82) is 0 Å². The van der Waals surface area contributed by atoms with Crippen molar-refractivity contribution in [2.24, 2.45) is 0 Å². The average Bonchev–Trinajstić information content (AvgIpc) is 2.71. The quantitative estimate of drug-likeness (QED) is 0.294. The summed E-state index contributed by atoms with van der Waals surface area (Å²) in [5.74, 6) is -1.23. The lowest BCUT2D eigenvalue weighted by Crippen LogP contribution is -2.25. The number of Topliss-reactive ketones (excluding diaryl/α,β-unsaturated/α-hetero) is 1. The number of nitrogens with zero attached hydrogens (tertiary/aromatic N) is 1. The normalized spacial score (nSPS) is 11.5. The highest BCUT2D eigenvalue weighted by Crippen LogP contribution is 2.24. The molecule has 0 aliphatic rings. The molecule has 2 aromatic carbocycles. The molecule has 1 atom stereocenters. The monoisotopic (exact) mass is 386 g/mol. The predicted octanol–water partition coefficient (Wildman–Crippen LogP) is 2.99. The molecular formula is C20H22N2O6. The summed E-state index contributed by atoms with van der Waals surface area (Å²) in [7, 11) is 0. The van der Waals surface area contributed by atoms with E-state index in [1.54, 1.807) is 12.1 Å². The number of hydrogen-bond acceptors (Lipinski definition) is 7. The molecule has 8 heteroatoms. The number of anilines is 1. The van der Waals surface area contributed by atoms with Crippen LogP contribution >= 0.6 is 0 Å². The Morgan fingerprint density at radius 3 is 2.46 bits per heavy atom. The lowest BCUT2D eigenvalue weighted by Gasteiger charge is -2.15. The van der Waals surface area contributed by atoms with Gasteiger partial charge in [-0.05, 0) is 25.0 Å². The second kappa shape index (κ2) is 9.61. The Labute approximate surface area is 162 Å². The molecule has 0 bridgehead atoms. The summed E-state index contributed by atoms with van der Waals surface area (Å²) in [4.78, 5) is 35.4. The molecule has 28 heavy (non-hydrogen) atoms. The fourth-order valence-electron chi connectivity index (χ4n) is 2.58. The molecule has 2 aromatic rings. The zero-order valence-electron chi connectivity index (χ0n) is 15.7. The van der Waals surface area contributed by atoms with Gasteiger partial charge in [-0.1, -0.05) is 31.2 Å². The number of carbonyl (C=O) groups is 2. The first kappa shape index (κ1) is 21.0. The molecule has 0 spiro atoms. The number of benzene rings is 2. The Kier molecular flexibility index (Phi) is 7.22. The molecule has 8 nitrogen and oxygen atoms in total. The highest BCUT2D eigenvalue weighted by Gasteiger charge is 2.24. The summed E-state index contributed by atoms with van der Waals surface area (Å²) in [5, 5.41) is 22.8. The highest BCUT2D eigenvalue weighted by molar-refractivity contribution is 6.02. The Bertz CT molecular complexity index is 863. The van der Waals surface area contributed by atoms with Crippen LogP contribution in [0.3, 0.4) is 0 Å². The zero-order chi connectivity index (χ0) is 20.7. The van der Waals surface area contributed by atoms with Gasteiger partial charge in [0.2, 0.25) is 5.78 Å². The maximum Gasteiger partial charge on any atom is 0.341 e. The lowest BCUT2D eigenvalue weighted by molar-refractivity contribution is -0.384. The van der Waals surface area contributed by atoms with E-state index >= 15 is 0 Å². The fraction of sp³-hybridized carbons (Fsp3) is 0.300. The summed E-state index contributed by atoms with van der Waals surface area (Å²) in [6, 6.07) is 10.7. The molecule has 0 fully saturated rings. The molecule has 148 valence electrons. The fourth-order valence-corrected chi connectivity index (χ4v) is 2.58. The van der Waals surface area contributed by atoms with Gasteiger partial charge in [0.1, 0.15) is 0 Å². The maximum absolute atomic E-state index is 12.6. The van der Waals surface area contributed by atoms with Gasteiger partial charge in [0, 0.05) is 29.9 Å². The van der Waals surface area contributed by atoms with Crippen LogP contribution in [0.2, 0.25) is 0 Å². The smallest absolute Gasteiger partial charge is 0.341 e. The largest absolute Gasteiger partial charge is 0.451 e. The van der Waals surface area contributed by atoms with Gasteiger partial charge in [-0.3, -0.25) is 14.9 Å². The van der Waals surface area contributed by atoms with Crippen molar-refractivity contribution in [2.75, 3.05) is 18.5 Å². The van der Waals surface area contributed by atoms with Gasteiger partial charge in [0.05, 0.1) is 17.1 Å². The topological polar surface area (TPSA) is 119 Å². The SMILES string of the molecule is CCc1ccc(C(=O)C(C)OC(=O)c2cc([N+](=O)[O-])ccc2NCCO)cc1. The van der Waals surface area contributed by atoms with Crippen LogP contribution in [0.25, 0.3) is 0 Å². The molecule has 0 aromatic heterocycles. The van der Waals surface area contributed by atoms with Gasteiger partial charge in [-0.2, -0.15) is 0 Å². The summed E-state index contributed by atoms with van der Waals surface area (Å²) >= 11 is 0. The highest BCUT2D eigenvalue weighted by atomic mass is 16.6. The second-order valence-electron chi connectivity index (χ2n) is 6.10.